The Labute approximate surface area is 206 Å². The van der Waals surface area contributed by atoms with Crippen LogP contribution in [-0.4, -0.2) is 73.7 Å². The van der Waals surface area contributed by atoms with E-state index in [0.717, 1.165) is 0 Å². The number of hydrogen-bond donors (Lipinski definition) is 0. The SMILES string of the molecule is O.c1ccc([Te][Te]c2ccccc2)cc1.c1ccc([Te][Te]c2ccccc2)cc1. The van der Waals surface area contributed by atoms with E-state index < -0.39 is 0 Å². The zero-order chi connectivity index (χ0) is 19.3. The Morgan fingerprint density at radius 1 is 0.276 bits per heavy atom. The quantitative estimate of drug-likeness (QED) is 0.261. The van der Waals surface area contributed by atoms with Crippen molar-refractivity contribution >= 4 is 82.7 Å². The van der Waals surface area contributed by atoms with Crippen LogP contribution in [0.3, 0.4) is 0 Å². The predicted octanol–water partition coefficient (Wildman–Crippen LogP) is 1.10. The van der Waals surface area contributed by atoms with E-state index in [1.807, 2.05) is 0 Å². The number of benzene rings is 4. The molecule has 4 aromatic rings. The molecule has 4 rings (SSSR count). The van der Waals surface area contributed by atoms with Gasteiger partial charge in [0.1, 0.15) is 0 Å². The van der Waals surface area contributed by atoms with Crippen LogP contribution in [0.15, 0.2) is 121 Å². The molecule has 0 unspecified atom stereocenters. The molecule has 0 bridgehead atoms. The predicted molar refractivity (Wildman–Crippen MR) is 131 cm³/mol. The summed E-state index contributed by atoms with van der Waals surface area (Å²) in [5.41, 5.74) is 0. The molecular formula is C24H22OTe4. The molecular weight excluding hydrogens is 815 g/mol. The number of rotatable bonds is 6. The van der Waals surface area contributed by atoms with E-state index in [-0.39, 0.29) is 73.7 Å². The molecule has 0 spiro atoms. The van der Waals surface area contributed by atoms with Gasteiger partial charge < -0.3 is 5.48 Å². The normalized spacial score (nSPS) is 9.66. The first kappa shape index (κ1) is 25.3. The van der Waals surface area contributed by atoms with Crippen molar-refractivity contribution in [2.75, 3.05) is 0 Å². The first-order chi connectivity index (χ1) is 13.9. The summed E-state index contributed by atoms with van der Waals surface area (Å²) in [7, 11) is 0. The minimum atomic E-state index is 0. The van der Waals surface area contributed by atoms with Crippen molar-refractivity contribution in [1.82, 2.24) is 0 Å². The first-order valence-corrected chi connectivity index (χ1v) is 28.1. The average Bonchev–Trinajstić information content (AvgIpc) is 2.80. The fourth-order valence-electron chi connectivity index (χ4n) is 2.10. The van der Waals surface area contributed by atoms with Crippen LogP contribution in [0.25, 0.3) is 0 Å². The van der Waals surface area contributed by atoms with E-state index in [2.05, 4.69) is 121 Å². The fourth-order valence-corrected chi connectivity index (χ4v) is 22.1. The topological polar surface area (TPSA) is 31.5 Å². The molecule has 2 N–H and O–H groups in total. The van der Waals surface area contributed by atoms with Crippen molar-refractivity contribution in [3.05, 3.63) is 121 Å². The van der Waals surface area contributed by atoms with Gasteiger partial charge in [-0.05, 0) is 0 Å². The monoisotopic (exact) mass is 846 g/mol. The summed E-state index contributed by atoms with van der Waals surface area (Å²) in [5, 5.41) is 0. The third kappa shape index (κ3) is 10.7. The third-order valence-corrected chi connectivity index (χ3v) is 27.2. The van der Waals surface area contributed by atoms with Gasteiger partial charge in [-0.15, -0.1) is 0 Å². The van der Waals surface area contributed by atoms with Gasteiger partial charge in [0, 0.05) is 0 Å². The van der Waals surface area contributed by atoms with Gasteiger partial charge in [-0.1, -0.05) is 0 Å². The van der Waals surface area contributed by atoms with Gasteiger partial charge in [0.15, 0.2) is 0 Å². The molecule has 0 aliphatic rings. The molecule has 0 atom stereocenters. The zero-order valence-corrected chi connectivity index (χ0v) is 25.0. The maximum absolute atomic E-state index is 2.27. The van der Waals surface area contributed by atoms with E-state index in [4.69, 9.17) is 0 Å². The molecule has 0 aliphatic carbocycles. The van der Waals surface area contributed by atoms with Crippen LogP contribution in [0.2, 0.25) is 0 Å². The molecule has 0 aromatic heterocycles. The van der Waals surface area contributed by atoms with Crippen LogP contribution >= 0.6 is 0 Å². The van der Waals surface area contributed by atoms with Crippen LogP contribution in [0.4, 0.5) is 0 Å². The molecule has 148 valence electrons. The third-order valence-electron chi connectivity index (χ3n) is 3.44. The van der Waals surface area contributed by atoms with Gasteiger partial charge in [0.05, 0.1) is 0 Å². The molecule has 0 aliphatic heterocycles. The van der Waals surface area contributed by atoms with Gasteiger partial charge in [-0.2, -0.15) is 0 Å². The number of hydrogen-bond acceptors (Lipinski definition) is 0. The van der Waals surface area contributed by atoms with Crippen LogP contribution in [0.5, 0.6) is 0 Å². The molecule has 0 heterocycles. The molecule has 4 aromatic carbocycles. The van der Waals surface area contributed by atoms with Crippen molar-refractivity contribution in [2.24, 2.45) is 0 Å². The Morgan fingerprint density at radius 2 is 0.448 bits per heavy atom. The molecule has 0 radical (unpaired) electrons. The standard InChI is InChI=1S/2C12H10Te2.H2O/c2*1-3-7-11(8-4-1)13-14-12-9-5-2-6-10-12;/h2*1-10H;1H2. The molecule has 29 heavy (non-hydrogen) atoms. The van der Waals surface area contributed by atoms with Gasteiger partial charge in [0.2, 0.25) is 0 Å². The van der Waals surface area contributed by atoms with Gasteiger partial charge in [-0.3, -0.25) is 0 Å². The zero-order valence-electron chi connectivity index (χ0n) is 15.7. The molecule has 1 nitrogen and oxygen atoms in total. The molecule has 0 saturated heterocycles. The molecule has 5 heteroatoms. The van der Waals surface area contributed by atoms with Gasteiger partial charge >= 0.3 is 204 Å². The summed E-state index contributed by atoms with van der Waals surface area (Å²) in [4.78, 5) is 0. The summed E-state index contributed by atoms with van der Waals surface area (Å²) < 4.78 is 6.40. The molecule has 0 fully saturated rings. The van der Waals surface area contributed by atoms with Crippen molar-refractivity contribution in [2.45, 2.75) is 0 Å². The van der Waals surface area contributed by atoms with Crippen LogP contribution in [-0.2, 0) is 0 Å². The Balaban J connectivity index is 0.000000200. The van der Waals surface area contributed by atoms with Crippen LogP contribution in [0.1, 0.15) is 0 Å². The molecule has 0 amide bonds. The van der Waals surface area contributed by atoms with E-state index in [0.29, 0.717) is 0 Å². The summed E-state index contributed by atoms with van der Waals surface area (Å²) in [5.74, 6) is 0. The summed E-state index contributed by atoms with van der Waals surface area (Å²) in [6.45, 7) is 0. The Morgan fingerprint density at radius 3 is 0.621 bits per heavy atom. The van der Waals surface area contributed by atoms with Crippen LogP contribution in [0, 0.1) is 0 Å². The van der Waals surface area contributed by atoms with E-state index in [1.54, 1.807) is 14.4 Å². The maximum atomic E-state index is 2.27. The Bertz CT molecular complexity index is 746. The van der Waals surface area contributed by atoms with Crippen LogP contribution < -0.4 is 14.4 Å². The van der Waals surface area contributed by atoms with E-state index in [9.17, 15) is 0 Å². The second-order valence-corrected chi connectivity index (χ2v) is 25.6. The van der Waals surface area contributed by atoms with Crippen molar-refractivity contribution in [3.8, 4) is 0 Å². The van der Waals surface area contributed by atoms with Gasteiger partial charge in [0.25, 0.3) is 0 Å². The van der Waals surface area contributed by atoms with Crippen molar-refractivity contribution in [3.63, 3.8) is 0 Å². The molecule has 0 saturated carbocycles. The second kappa shape index (κ2) is 15.7. The van der Waals surface area contributed by atoms with Crippen molar-refractivity contribution < 1.29 is 5.48 Å². The summed E-state index contributed by atoms with van der Waals surface area (Å²) >= 11 is 0.399. The van der Waals surface area contributed by atoms with Gasteiger partial charge in [-0.25, -0.2) is 0 Å². The second-order valence-electron chi connectivity index (χ2n) is 5.59. The fraction of sp³-hybridized carbons (Fsp3) is 0. The Hall–Kier alpha value is -0.00156. The average molecular weight is 837 g/mol. The van der Waals surface area contributed by atoms with E-state index in [1.165, 1.54) is 0 Å². The Kier molecular flexibility index (Phi) is 13.7. The minimum absolute atomic E-state index is 0. The summed E-state index contributed by atoms with van der Waals surface area (Å²) in [6, 6.07) is 43.8. The summed E-state index contributed by atoms with van der Waals surface area (Å²) in [6.07, 6.45) is 0. The van der Waals surface area contributed by atoms with Crippen molar-refractivity contribution in [1.29, 1.82) is 0 Å². The van der Waals surface area contributed by atoms with E-state index >= 15 is 0 Å². The first-order valence-electron chi connectivity index (χ1n) is 8.79.